The minimum Gasteiger partial charge on any atom is -0.352 e. The summed E-state index contributed by atoms with van der Waals surface area (Å²) in [6, 6.07) is 14.9. The maximum absolute atomic E-state index is 13.2. The standard InChI is InChI=1S/C25H30BrN3O3/c1-17-12-18(2)16-29(15-17)25(32)21-13-20(26)8-9-22(21)28-24(31)11-10-23(30)27-14-19-6-4-3-5-7-19/h3-9,13,17-18H,10-12,14-16H2,1-2H3,(H,27,30)(H,28,31)/t17-,18+. The number of halogens is 1. The van der Waals surface area contributed by atoms with Crippen LogP contribution in [0.15, 0.2) is 53.0 Å². The van der Waals surface area contributed by atoms with E-state index in [4.69, 9.17) is 0 Å². The highest BCUT2D eigenvalue weighted by Gasteiger charge is 2.27. The van der Waals surface area contributed by atoms with Crippen molar-refractivity contribution in [3.63, 3.8) is 0 Å². The summed E-state index contributed by atoms with van der Waals surface area (Å²) in [5.41, 5.74) is 1.94. The number of hydrogen-bond acceptors (Lipinski definition) is 3. The Labute approximate surface area is 197 Å². The lowest BCUT2D eigenvalue weighted by atomic mass is 9.91. The molecule has 2 N–H and O–H groups in total. The topological polar surface area (TPSA) is 78.5 Å². The third-order valence-corrected chi connectivity index (χ3v) is 6.05. The van der Waals surface area contributed by atoms with E-state index in [1.807, 2.05) is 35.2 Å². The molecule has 6 nitrogen and oxygen atoms in total. The largest absolute Gasteiger partial charge is 0.352 e. The number of carbonyl (C=O) groups is 3. The van der Waals surface area contributed by atoms with Crippen LogP contribution in [0.4, 0.5) is 5.69 Å². The molecule has 0 spiro atoms. The molecule has 170 valence electrons. The molecule has 0 radical (unpaired) electrons. The van der Waals surface area contributed by atoms with Crippen LogP contribution >= 0.6 is 15.9 Å². The molecule has 3 rings (SSSR count). The van der Waals surface area contributed by atoms with E-state index in [-0.39, 0.29) is 30.6 Å². The number of benzene rings is 2. The summed E-state index contributed by atoms with van der Waals surface area (Å²) in [7, 11) is 0. The van der Waals surface area contributed by atoms with Crippen LogP contribution in [0, 0.1) is 11.8 Å². The minimum atomic E-state index is -0.295. The van der Waals surface area contributed by atoms with Gasteiger partial charge in [0.15, 0.2) is 0 Å². The molecule has 2 atom stereocenters. The molecule has 7 heteroatoms. The lowest BCUT2D eigenvalue weighted by Gasteiger charge is -2.35. The number of hydrogen-bond donors (Lipinski definition) is 2. The van der Waals surface area contributed by atoms with Crippen molar-refractivity contribution in [2.24, 2.45) is 11.8 Å². The maximum atomic E-state index is 13.2. The maximum Gasteiger partial charge on any atom is 0.256 e. The molecule has 1 fully saturated rings. The van der Waals surface area contributed by atoms with Crippen LogP contribution in [0.25, 0.3) is 0 Å². The first-order valence-electron chi connectivity index (χ1n) is 11.0. The molecule has 0 aliphatic carbocycles. The quantitative estimate of drug-likeness (QED) is 0.583. The Morgan fingerprint density at radius 3 is 2.31 bits per heavy atom. The predicted molar refractivity (Wildman–Crippen MR) is 129 cm³/mol. The number of amides is 3. The summed E-state index contributed by atoms with van der Waals surface area (Å²) < 4.78 is 0.775. The van der Waals surface area contributed by atoms with Gasteiger partial charge in [-0.05, 0) is 42.0 Å². The van der Waals surface area contributed by atoms with Crippen molar-refractivity contribution in [3.05, 3.63) is 64.1 Å². The number of anilines is 1. The Morgan fingerprint density at radius 1 is 0.969 bits per heavy atom. The van der Waals surface area contributed by atoms with Crippen molar-refractivity contribution < 1.29 is 14.4 Å². The highest BCUT2D eigenvalue weighted by Crippen LogP contribution is 2.27. The molecule has 0 unspecified atom stereocenters. The van der Waals surface area contributed by atoms with Crippen LogP contribution in [-0.4, -0.2) is 35.7 Å². The number of piperidine rings is 1. The van der Waals surface area contributed by atoms with Gasteiger partial charge in [-0.3, -0.25) is 14.4 Å². The van der Waals surface area contributed by atoms with Gasteiger partial charge >= 0.3 is 0 Å². The van der Waals surface area contributed by atoms with Gasteiger partial charge in [-0.25, -0.2) is 0 Å². The summed E-state index contributed by atoms with van der Waals surface area (Å²) >= 11 is 3.43. The molecule has 2 aromatic carbocycles. The Balaban J connectivity index is 1.57. The third-order valence-electron chi connectivity index (χ3n) is 5.55. The molecule has 1 aliphatic rings. The minimum absolute atomic E-state index is 0.0437. The van der Waals surface area contributed by atoms with Crippen molar-refractivity contribution in [2.45, 2.75) is 39.7 Å². The molecule has 32 heavy (non-hydrogen) atoms. The Morgan fingerprint density at radius 2 is 1.62 bits per heavy atom. The molecular formula is C25H30BrN3O3. The summed E-state index contributed by atoms with van der Waals surface area (Å²) in [5, 5.41) is 5.64. The molecule has 1 aliphatic heterocycles. The molecule has 1 saturated heterocycles. The highest BCUT2D eigenvalue weighted by molar-refractivity contribution is 9.10. The average Bonchev–Trinajstić information content (AvgIpc) is 2.77. The fraction of sp³-hybridized carbons (Fsp3) is 0.400. The second kappa shape index (κ2) is 11.3. The fourth-order valence-corrected chi connectivity index (χ4v) is 4.49. The molecule has 0 aromatic heterocycles. The van der Waals surface area contributed by atoms with Crippen LogP contribution in [0.2, 0.25) is 0 Å². The number of carbonyl (C=O) groups excluding carboxylic acids is 3. The van der Waals surface area contributed by atoms with Gasteiger partial charge in [-0.1, -0.05) is 60.1 Å². The van der Waals surface area contributed by atoms with Gasteiger partial charge < -0.3 is 15.5 Å². The van der Waals surface area contributed by atoms with Crippen LogP contribution in [0.1, 0.15) is 49.0 Å². The molecule has 0 saturated carbocycles. The van der Waals surface area contributed by atoms with E-state index in [0.717, 1.165) is 16.5 Å². The lowest BCUT2D eigenvalue weighted by Crippen LogP contribution is -2.42. The molecule has 3 amide bonds. The first-order chi connectivity index (χ1) is 15.3. The molecular weight excluding hydrogens is 470 g/mol. The average molecular weight is 500 g/mol. The SMILES string of the molecule is C[C@@H]1C[C@H](C)CN(C(=O)c2cc(Br)ccc2NC(=O)CCC(=O)NCc2ccccc2)C1. The number of nitrogens with one attached hydrogen (secondary N) is 2. The van der Waals surface area contributed by atoms with Crippen LogP contribution < -0.4 is 10.6 Å². The van der Waals surface area contributed by atoms with Crippen LogP contribution in [-0.2, 0) is 16.1 Å². The van der Waals surface area contributed by atoms with Crippen molar-refractivity contribution in [2.75, 3.05) is 18.4 Å². The van der Waals surface area contributed by atoms with Gasteiger partial charge in [0.05, 0.1) is 11.3 Å². The third kappa shape index (κ3) is 6.92. The monoisotopic (exact) mass is 499 g/mol. The number of likely N-dealkylation sites (tertiary alicyclic amines) is 1. The fourth-order valence-electron chi connectivity index (χ4n) is 4.13. The van der Waals surface area contributed by atoms with E-state index in [1.165, 1.54) is 0 Å². The number of nitrogens with zero attached hydrogens (tertiary/aromatic N) is 1. The van der Waals surface area contributed by atoms with Crippen molar-refractivity contribution in [1.82, 2.24) is 10.2 Å². The Bertz CT molecular complexity index is 954. The van der Waals surface area contributed by atoms with Gasteiger partial charge in [0, 0.05) is 36.9 Å². The van der Waals surface area contributed by atoms with Gasteiger partial charge in [-0.2, -0.15) is 0 Å². The Hall–Kier alpha value is -2.67. The second-order valence-electron chi connectivity index (χ2n) is 8.66. The molecule has 2 aromatic rings. The number of rotatable bonds is 7. The van der Waals surface area contributed by atoms with Crippen LogP contribution in [0.5, 0.6) is 0 Å². The molecule has 1 heterocycles. The first-order valence-corrected chi connectivity index (χ1v) is 11.8. The van der Waals surface area contributed by atoms with Crippen molar-refractivity contribution in [3.8, 4) is 0 Å². The summed E-state index contributed by atoms with van der Waals surface area (Å²) in [6.07, 6.45) is 1.24. The van der Waals surface area contributed by atoms with Crippen molar-refractivity contribution >= 4 is 39.3 Å². The van der Waals surface area contributed by atoms with Crippen molar-refractivity contribution in [1.29, 1.82) is 0 Å². The van der Waals surface area contributed by atoms with E-state index >= 15 is 0 Å². The zero-order valence-corrected chi connectivity index (χ0v) is 20.2. The van der Waals surface area contributed by atoms with Crippen LogP contribution in [0.3, 0.4) is 0 Å². The zero-order chi connectivity index (χ0) is 23.1. The first kappa shape index (κ1) is 24.0. The summed E-state index contributed by atoms with van der Waals surface area (Å²) in [6.45, 7) is 6.17. The Kier molecular flexibility index (Phi) is 8.45. The summed E-state index contributed by atoms with van der Waals surface area (Å²) in [5.74, 6) is 0.328. The molecule has 0 bridgehead atoms. The van der Waals surface area contributed by atoms with E-state index in [1.54, 1.807) is 18.2 Å². The lowest BCUT2D eigenvalue weighted by molar-refractivity contribution is -0.124. The van der Waals surface area contributed by atoms with E-state index in [2.05, 4.69) is 40.4 Å². The van der Waals surface area contributed by atoms with E-state index in [9.17, 15) is 14.4 Å². The smallest absolute Gasteiger partial charge is 0.256 e. The van der Waals surface area contributed by atoms with E-state index < -0.39 is 0 Å². The van der Waals surface area contributed by atoms with Gasteiger partial charge in [-0.15, -0.1) is 0 Å². The summed E-state index contributed by atoms with van der Waals surface area (Å²) in [4.78, 5) is 39.7. The normalized spacial score (nSPS) is 18.2. The second-order valence-corrected chi connectivity index (χ2v) is 9.57. The van der Waals surface area contributed by atoms with Gasteiger partial charge in [0.2, 0.25) is 11.8 Å². The predicted octanol–water partition coefficient (Wildman–Crippen LogP) is 4.60. The highest BCUT2D eigenvalue weighted by atomic mass is 79.9. The van der Waals surface area contributed by atoms with Gasteiger partial charge in [0.25, 0.3) is 5.91 Å². The van der Waals surface area contributed by atoms with Gasteiger partial charge in [0.1, 0.15) is 0 Å². The zero-order valence-electron chi connectivity index (χ0n) is 18.6. The van der Waals surface area contributed by atoms with E-state index in [0.29, 0.717) is 42.7 Å².